The van der Waals surface area contributed by atoms with Crippen LogP contribution in [0.3, 0.4) is 0 Å². The molecule has 0 aliphatic carbocycles. The zero-order chi connectivity index (χ0) is 23.1. The van der Waals surface area contributed by atoms with Gasteiger partial charge in [0, 0.05) is 49.4 Å². The van der Waals surface area contributed by atoms with Gasteiger partial charge in [0.2, 0.25) is 5.96 Å². The van der Waals surface area contributed by atoms with Crippen molar-refractivity contribution in [3.63, 3.8) is 0 Å². The van der Waals surface area contributed by atoms with Crippen LogP contribution in [0, 0.1) is 11.6 Å². The van der Waals surface area contributed by atoms with Crippen LogP contribution in [0.1, 0.15) is 23.6 Å². The van der Waals surface area contributed by atoms with E-state index < -0.39 is 17.7 Å². The van der Waals surface area contributed by atoms with Gasteiger partial charge in [0.1, 0.15) is 11.6 Å². The molecule has 3 aliphatic rings. The minimum atomic E-state index is -0.617. The van der Waals surface area contributed by atoms with Crippen LogP contribution in [-0.2, 0) is 11.3 Å². The van der Waals surface area contributed by atoms with E-state index in [9.17, 15) is 18.7 Å². The van der Waals surface area contributed by atoms with Crippen molar-refractivity contribution in [2.75, 3.05) is 32.8 Å². The smallest absolute Gasteiger partial charge is 0.260 e. The number of aliphatic imine (C=N–C) groups is 1. The van der Waals surface area contributed by atoms with Gasteiger partial charge in [-0.1, -0.05) is 23.7 Å². The van der Waals surface area contributed by atoms with Crippen molar-refractivity contribution < 1.29 is 18.7 Å². The minimum absolute atomic E-state index is 0.203. The molecule has 3 heterocycles. The Balaban J connectivity index is 1.45. The zero-order valence-corrected chi connectivity index (χ0v) is 18.6. The molecule has 1 atom stereocenters. The summed E-state index contributed by atoms with van der Waals surface area (Å²) in [5, 5.41) is 10.8. The van der Waals surface area contributed by atoms with E-state index in [1.165, 1.54) is 12.1 Å². The Morgan fingerprint density at radius 1 is 1.09 bits per heavy atom. The van der Waals surface area contributed by atoms with Crippen molar-refractivity contribution in [3.8, 4) is 0 Å². The van der Waals surface area contributed by atoms with Gasteiger partial charge in [-0.05, 0) is 35.4 Å². The molecule has 9 heteroatoms. The third kappa shape index (κ3) is 4.14. The van der Waals surface area contributed by atoms with Crippen molar-refractivity contribution in [1.29, 1.82) is 0 Å². The zero-order valence-electron chi connectivity index (χ0n) is 17.8. The molecule has 0 bridgehead atoms. The average molecular weight is 473 g/mol. The van der Waals surface area contributed by atoms with Gasteiger partial charge in [0.25, 0.3) is 5.91 Å². The maximum atomic E-state index is 13.7. The Bertz CT molecular complexity index is 1130. The second-order valence-corrected chi connectivity index (χ2v) is 8.86. The molecule has 0 radical (unpaired) electrons. The van der Waals surface area contributed by atoms with E-state index in [1.807, 2.05) is 4.90 Å². The first-order valence-electron chi connectivity index (χ1n) is 10.9. The van der Waals surface area contributed by atoms with E-state index in [4.69, 9.17) is 11.6 Å². The molecule has 0 saturated carbocycles. The number of amides is 1. The predicted molar refractivity (Wildman–Crippen MR) is 120 cm³/mol. The summed E-state index contributed by atoms with van der Waals surface area (Å²) in [7, 11) is 0. The van der Waals surface area contributed by atoms with Crippen molar-refractivity contribution in [3.05, 3.63) is 81.5 Å². The van der Waals surface area contributed by atoms with Crippen LogP contribution in [0.15, 0.2) is 58.7 Å². The van der Waals surface area contributed by atoms with Gasteiger partial charge in [-0.2, -0.15) is 0 Å². The SMILES string of the molecule is O=C1C2=C(CCN(Cc3cc(F)cc(F)c3)C2)N2CCN=C2N1[C@@H](CO)c1ccc(Cl)cc1. The summed E-state index contributed by atoms with van der Waals surface area (Å²) >= 11 is 6.02. The van der Waals surface area contributed by atoms with Crippen molar-refractivity contribution >= 4 is 23.5 Å². The number of guanidine groups is 1. The van der Waals surface area contributed by atoms with Gasteiger partial charge in [-0.25, -0.2) is 8.78 Å². The fraction of sp³-hybridized carbons (Fsp3) is 0.333. The van der Waals surface area contributed by atoms with Gasteiger partial charge in [0.15, 0.2) is 0 Å². The number of aliphatic hydroxyl groups excluding tert-OH is 1. The molecule has 0 aromatic heterocycles. The predicted octanol–water partition coefficient (Wildman–Crippen LogP) is 3.33. The minimum Gasteiger partial charge on any atom is -0.394 e. The number of rotatable bonds is 5. The number of carbonyl (C=O) groups excluding carboxylic acids is 1. The Hall–Kier alpha value is -2.81. The number of hydrogen-bond acceptors (Lipinski definition) is 5. The van der Waals surface area contributed by atoms with Crippen molar-refractivity contribution in [1.82, 2.24) is 14.7 Å². The molecule has 6 nitrogen and oxygen atoms in total. The summed E-state index contributed by atoms with van der Waals surface area (Å²) < 4.78 is 27.3. The number of halogens is 3. The number of aliphatic hydroxyl groups is 1. The molecule has 3 aliphatic heterocycles. The lowest BCUT2D eigenvalue weighted by Gasteiger charge is -2.44. The lowest BCUT2D eigenvalue weighted by Crippen LogP contribution is -2.55. The van der Waals surface area contributed by atoms with Gasteiger partial charge in [-0.15, -0.1) is 0 Å². The molecule has 0 unspecified atom stereocenters. The normalized spacial score (nSPS) is 19.5. The van der Waals surface area contributed by atoms with Crippen LogP contribution in [0.5, 0.6) is 0 Å². The topological polar surface area (TPSA) is 59.4 Å². The van der Waals surface area contributed by atoms with Crippen LogP contribution in [0.25, 0.3) is 0 Å². The number of carbonyl (C=O) groups is 1. The van der Waals surface area contributed by atoms with E-state index in [-0.39, 0.29) is 12.5 Å². The van der Waals surface area contributed by atoms with Gasteiger partial charge in [0.05, 0.1) is 24.8 Å². The van der Waals surface area contributed by atoms with Gasteiger partial charge < -0.3 is 10.0 Å². The molecular weight excluding hydrogens is 450 g/mol. The quantitative estimate of drug-likeness (QED) is 0.725. The first kappa shape index (κ1) is 22.0. The molecule has 0 spiro atoms. The highest BCUT2D eigenvalue weighted by atomic mass is 35.5. The highest BCUT2D eigenvalue weighted by Gasteiger charge is 2.44. The first-order valence-corrected chi connectivity index (χ1v) is 11.2. The van der Waals surface area contributed by atoms with Gasteiger partial charge >= 0.3 is 0 Å². The molecule has 1 amide bonds. The van der Waals surface area contributed by atoms with E-state index >= 15 is 0 Å². The first-order chi connectivity index (χ1) is 15.9. The van der Waals surface area contributed by atoms with Crippen LogP contribution in [0.4, 0.5) is 8.78 Å². The third-order valence-electron chi connectivity index (χ3n) is 6.30. The second kappa shape index (κ2) is 8.85. The Labute approximate surface area is 195 Å². The summed E-state index contributed by atoms with van der Waals surface area (Å²) in [4.78, 5) is 23.9. The Kier molecular flexibility index (Phi) is 5.90. The lowest BCUT2D eigenvalue weighted by molar-refractivity contribution is -0.127. The van der Waals surface area contributed by atoms with Crippen LogP contribution < -0.4 is 0 Å². The van der Waals surface area contributed by atoms with E-state index in [0.29, 0.717) is 61.3 Å². The number of hydrogen-bond donors (Lipinski definition) is 1. The Morgan fingerprint density at radius 2 is 1.82 bits per heavy atom. The van der Waals surface area contributed by atoms with Crippen molar-refractivity contribution in [2.45, 2.75) is 19.0 Å². The number of fused-ring (bicyclic) bond motifs is 2. The molecule has 5 rings (SSSR count). The molecule has 2 aromatic carbocycles. The maximum Gasteiger partial charge on any atom is 0.260 e. The highest BCUT2D eigenvalue weighted by Crippen LogP contribution is 2.36. The molecule has 1 N–H and O–H groups in total. The summed E-state index contributed by atoms with van der Waals surface area (Å²) in [5.41, 5.74) is 2.86. The highest BCUT2D eigenvalue weighted by molar-refractivity contribution is 6.30. The second-order valence-electron chi connectivity index (χ2n) is 8.42. The molecular formula is C24H23ClF2N4O2. The summed E-state index contributed by atoms with van der Waals surface area (Å²) in [6.07, 6.45) is 0.635. The molecule has 0 fully saturated rings. The lowest BCUT2D eigenvalue weighted by atomic mass is 9.97. The fourth-order valence-corrected chi connectivity index (χ4v) is 4.95. The van der Waals surface area contributed by atoms with Gasteiger partial charge in [-0.3, -0.25) is 19.6 Å². The van der Waals surface area contributed by atoms with E-state index in [2.05, 4.69) is 9.89 Å². The summed E-state index contributed by atoms with van der Waals surface area (Å²) in [5.74, 6) is -0.874. The number of nitrogens with zero attached hydrogens (tertiary/aromatic N) is 4. The molecule has 2 aromatic rings. The van der Waals surface area contributed by atoms with Crippen LogP contribution >= 0.6 is 11.6 Å². The monoisotopic (exact) mass is 472 g/mol. The number of benzene rings is 2. The third-order valence-corrected chi connectivity index (χ3v) is 6.55. The standard InChI is InChI=1S/C24H23ClF2N4O2/c25-17-3-1-16(2-4-17)22(14-32)31-23(33)20-13-29(12-15-9-18(26)11-19(27)10-15)7-5-21(20)30-8-6-28-24(30)31/h1-4,9-11,22,32H,5-8,12-14H2/t22-/m0/s1. The Morgan fingerprint density at radius 3 is 2.52 bits per heavy atom. The van der Waals surface area contributed by atoms with E-state index in [0.717, 1.165) is 17.3 Å². The molecule has 0 saturated heterocycles. The summed E-state index contributed by atoms with van der Waals surface area (Å²) in [6, 6.07) is 9.93. The molecule has 33 heavy (non-hydrogen) atoms. The fourth-order valence-electron chi connectivity index (χ4n) is 4.83. The average Bonchev–Trinajstić information content (AvgIpc) is 3.26. The largest absolute Gasteiger partial charge is 0.394 e. The molecule has 172 valence electrons. The maximum absolute atomic E-state index is 13.7. The van der Waals surface area contributed by atoms with E-state index in [1.54, 1.807) is 29.2 Å². The van der Waals surface area contributed by atoms with Crippen molar-refractivity contribution in [2.24, 2.45) is 4.99 Å². The van der Waals surface area contributed by atoms with Crippen LogP contribution in [0.2, 0.25) is 5.02 Å². The van der Waals surface area contributed by atoms with Crippen LogP contribution in [-0.4, -0.2) is 64.5 Å². The summed E-state index contributed by atoms with van der Waals surface area (Å²) in [6.45, 7) is 2.32.